The van der Waals surface area contributed by atoms with Gasteiger partial charge >= 0.3 is 0 Å². The van der Waals surface area contributed by atoms with Crippen LogP contribution in [0.2, 0.25) is 0 Å². The van der Waals surface area contributed by atoms with Gasteiger partial charge in [0, 0.05) is 19.1 Å². The molecule has 1 fully saturated rings. The van der Waals surface area contributed by atoms with Crippen LogP contribution >= 0.6 is 0 Å². The Balaban J connectivity index is 1.88. The largest absolute Gasteiger partial charge is 0.381 e. The third-order valence-electron chi connectivity index (χ3n) is 3.81. The second-order valence-corrected chi connectivity index (χ2v) is 5.30. The average Bonchev–Trinajstić information content (AvgIpc) is 2.48. The van der Waals surface area contributed by atoms with E-state index in [1.54, 1.807) is 5.92 Å². The van der Waals surface area contributed by atoms with Gasteiger partial charge in [-0.05, 0) is 37.2 Å². The van der Waals surface area contributed by atoms with Crippen molar-refractivity contribution < 1.29 is 4.74 Å². The van der Waals surface area contributed by atoms with E-state index in [1.807, 2.05) is 0 Å². The van der Waals surface area contributed by atoms with E-state index >= 15 is 0 Å². The van der Waals surface area contributed by atoms with Crippen LogP contribution < -0.4 is 0 Å². The highest BCUT2D eigenvalue weighted by Gasteiger charge is 2.21. The predicted octanol–water partition coefficient (Wildman–Crippen LogP) is 4.59. The number of allylic oxidation sites excluding steroid dienone is 2. The van der Waals surface area contributed by atoms with E-state index in [4.69, 9.17) is 4.74 Å². The molecule has 0 aliphatic carbocycles. The van der Waals surface area contributed by atoms with E-state index < -0.39 is 0 Å². The van der Waals surface area contributed by atoms with Gasteiger partial charge < -0.3 is 4.74 Å². The molecular formula is C18H25O. The molecule has 1 radical (unpaired) electrons. The summed E-state index contributed by atoms with van der Waals surface area (Å²) in [6, 6.07) is 10.7. The first-order valence-electron chi connectivity index (χ1n) is 7.54. The van der Waals surface area contributed by atoms with Crippen LogP contribution in [-0.4, -0.2) is 13.2 Å². The second kappa shape index (κ2) is 8.16. The van der Waals surface area contributed by atoms with Crippen LogP contribution in [0.25, 0.3) is 0 Å². The van der Waals surface area contributed by atoms with Crippen molar-refractivity contribution in [1.29, 1.82) is 0 Å². The Bertz CT molecular complexity index is 363. The molecule has 0 aromatic heterocycles. The van der Waals surface area contributed by atoms with Crippen molar-refractivity contribution in [1.82, 2.24) is 0 Å². The Morgan fingerprint density at radius 3 is 2.63 bits per heavy atom. The molecule has 1 aliphatic rings. The van der Waals surface area contributed by atoms with Gasteiger partial charge in [-0.1, -0.05) is 55.8 Å². The topological polar surface area (TPSA) is 9.23 Å². The molecule has 1 heterocycles. The van der Waals surface area contributed by atoms with Crippen LogP contribution in [-0.2, 0) is 11.2 Å². The van der Waals surface area contributed by atoms with E-state index in [9.17, 15) is 0 Å². The molecule has 19 heavy (non-hydrogen) atoms. The lowest BCUT2D eigenvalue weighted by atomic mass is 9.83. The summed E-state index contributed by atoms with van der Waals surface area (Å²) in [7, 11) is 0. The maximum absolute atomic E-state index is 5.46. The summed E-state index contributed by atoms with van der Waals surface area (Å²) in [4.78, 5) is 0. The van der Waals surface area contributed by atoms with Crippen LogP contribution in [0.4, 0.5) is 0 Å². The molecule has 0 spiro atoms. The van der Waals surface area contributed by atoms with E-state index in [2.05, 4.69) is 49.4 Å². The van der Waals surface area contributed by atoms with Crippen LogP contribution in [0.1, 0.15) is 38.2 Å². The van der Waals surface area contributed by atoms with Gasteiger partial charge in [-0.2, -0.15) is 0 Å². The molecule has 0 bridgehead atoms. The molecule has 1 aromatic carbocycles. The minimum atomic E-state index is 0.751. The molecule has 2 rings (SSSR count). The van der Waals surface area contributed by atoms with Gasteiger partial charge in [-0.25, -0.2) is 0 Å². The van der Waals surface area contributed by atoms with E-state index in [1.165, 1.54) is 31.2 Å². The molecule has 1 aliphatic heterocycles. The molecule has 0 amide bonds. The highest BCUT2D eigenvalue weighted by molar-refractivity contribution is 5.21. The van der Waals surface area contributed by atoms with Crippen molar-refractivity contribution in [3.8, 4) is 0 Å². The van der Waals surface area contributed by atoms with Crippen LogP contribution in [0.3, 0.4) is 0 Å². The lowest BCUT2D eigenvalue weighted by Crippen LogP contribution is -2.21. The Morgan fingerprint density at radius 2 is 1.95 bits per heavy atom. The van der Waals surface area contributed by atoms with Crippen molar-refractivity contribution in [2.75, 3.05) is 13.2 Å². The highest BCUT2D eigenvalue weighted by atomic mass is 16.5. The third kappa shape index (κ3) is 4.83. The van der Waals surface area contributed by atoms with Crippen LogP contribution in [0.5, 0.6) is 0 Å². The quantitative estimate of drug-likeness (QED) is 0.724. The van der Waals surface area contributed by atoms with Crippen LogP contribution in [0, 0.1) is 11.8 Å². The van der Waals surface area contributed by atoms with Crippen molar-refractivity contribution in [2.24, 2.45) is 5.92 Å². The molecule has 0 N–H and O–H groups in total. The maximum atomic E-state index is 5.46. The first-order chi connectivity index (χ1) is 9.40. The Labute approximate surface area is 117 Å². The molecular weight excluding hydrogens is 232 g/mol. The minimum Gasteiger partial charge on any atom is -0.381 e. The standard InChI is InChI=1S/C18H25O/c1-2-7-17(18-12-14-19-15-13-18)11-6-10-16-8-4-3-5-9-16/h3-6,8-9,11,18H,2,7,10,12-15H2,1H3/b11-6-. The monoisotopic (exact) mass is 257 g/mol. The smallest absolute Gasteiger partial charge is 0.0469 e. The second-order valence-electron chi connectivity index (χ2n) is 5.30. The number of ether oxygens (including phenoxy) is 1. The summed E-state index contributed by atoms with van der Waals surface area (Å²) in [6.07, 6.45) is 10.6. The first-order valence-corrected chi connectivity index (χ1v) is 7.54. The van der Waals surface area contributed by atoms with Gasteiger partial charge in [0.1, 0.15) is 0 Å². The normalized spacial score (nSPS) is 17.4. The van der Waals surface area contributed by atoms with Gasteiger partial charge in [0.25, 0.3) is 0 Å². The molecule has 0 saturated carbocycles. The molecule has 1 saturated heterocycles. The third-order valence-corrected chi connectivity index (χ3v) is 3.81. The Kier molecular flexibility index (Phi) is 6.16. The fourth-order valence-corrected chi connectivity index (χ4v) is 2.74. The SMILES string of the molecule is CCC[C](/C=C\Cc1ccccc1)C1CCOCC1. The van der Waals surface area contributed by atoms with Crippen molar-refractivity contribution in [3.05, 3.63) is 54.0 Å². The first kappa shape index (κ1) is 14.3. The van der Waals surface area contributed by atoms with Crippen molar-refractivity contribution in [2.45, 2.75) is 39.0 Å². The highest BCUT2D eigenvalue weighted by Crippen LogP contribution is 2.30. The molecule has 1 heteroatoms. The summed E-state index contributed by atoms with van der Waals surface area (Å²) in [5, 5.41) is 0. The molecule has 1 nitrogen and oxygen atoms in total. The van der Waals surface area contributed by atoms with Gasteiger partial charge in [0.15, 0.2) is 0 Å². The number of benzene rings is 1. The summed E-state index contributed by atoms with van der Waals surface area (Å²) in [5.74, 6) is 2.38. The van der Waals surface area contributed by atoms with E-state index in [0.717, 1.165) is 25.6 Å². The number of rotatable bonds is 6. The van der Waals surface area contributed by atoms with Crippen LogP contribution in [0.15, 0.2) is 42.5 Å². The summed E-state index contributed by atoms with van der Waals surface area (Å²) in [5.41, 5.74) is 1.39. The number of hydrogen-bond donors (Lipinski definition) is 0. The zero-order chi connectivity index (χ0) is 13.3. The van der Waals surface area contributed by atoms with E-state index in [0.29, 0.717) is 0 Å². The fourth-order valence-electron chi connectivity index (χ4n) is 2.74. The summed E-state index contributed by atoms with van der Waals surface area (Å²) < 4.78 is 5.46. The van der Waals surface area contributed by atoms with Gasteiger partial charge in [0.05, 0.1) is 0 Å². The Hall–Kier alpha value is -1.08. The van der Waals surface area contributed by atoms with Gasteiger partial charge in [-0.3, -0.25) is 0 Å². The minimum absolute atomic E-state index is 0.751. The summed E-state index contributed by atoms with van der Waals surface area (Å²) in [6.45, 7) is 4.14. The number of hydrogen-bond acceptors (Lipinski definition) is 1. The van der Waals surface area contributed by atoms with Crippen molar-refractivity contribution >= 4 is 0 Å². The lowest BCUT2D eigenvalue weighted by Gasteiger charge is -2.27. The molecule has 1 aromatic rings. The molecule has 103 valence electrons. The lowest BCUT2D eigenvalue weighted by molar-refractivity contribution is 0.0705. The zero-order valence-electron chi connectivity index (χ0n) is 12.0. The zero-order valence-corrected chi connectivity index (χ0v) is 12.0. The average molecular weight is 257 g/mol. The maximum Gasteiger partial charge on any atom is 0.0469 e. The van der Waals surface area contributed by atoms with Gasteiger partial charge in [-0.15, -0.1) is 0 Å². The molecule has 0 unspecified atom stereocenters. The van der Waals surface area contributed by atoms with Gasteiger partial charge in [0.2, 0.25) is 0 Å². The summed E-state index contributed by atoms with van der Waals surface area (Å²) >= 11 is 0. The van der Waals surface area contributed by atoms with Crippen molar-refractivity contribution in [3.63, 3.8) is 0 Å². The van der Waals surface area contributed by atoms with E-state index in [-0.39, 0.29) is 0 Å². The predicted molar refractivity (Wildman–Crippen MR) is 81.0 cm³/mol. The Morgan fingerprint density at radius 1 is 1.21 bits per heavy atom. The molecule has 0 atom stereocenters. The fraction of sp³-hybridized carbons (Fsp3) is 0.500.